The molecule has 2 aliphatic rings. The fourth-order valence-electron chi connectivity index (χ4n) is 3.57. The topological polar surface area (TPSA) is 67.2 Å². The van der Waals surface area contributed by atoms with Gasteiger partial charge in [0.05, 0.1) is 6.04 Å². The third-order valence-corrected chi connectivity index (χ3v) is 4.88. The highest BCUT2D eigenvalue weighted by Crippen LogP contribution is 2.22. The van der Waals surface area contributed by atoms with Gasteiger partial charge in [0.15, 0.2) is 11.5 Å². The summed E-state index contributed by atoms with van der Waals surface area (Å²) in [5.74, 6) is 0.837. The minimum Gasteiger partial charge on any atom is -0.355 e. The van der Waals surface area contributed by atoms with Crippen LogP contribution in [0.4, 0.5) is 5.82 Å². The molecule has 2 aliphatic heterocycles. The Kier molecular flexibility index (Phi) is 4.15. The molecule has 2 fully saturated rings. The molecule has 0 N–H and O–H groups in total. The highest BCUT2D eigenvalue weighted by molar-refractivity contribution is 5.92. The molecular weight excluding hydrogens is 304 g/mol. The Labute approximate surface area is 141 Å². The first-order valence-electron chi connectivity index (χ1n) is 8.68. The number of carbonyl (C=O) groups is 1. The minimum atomic E-state index is -0.0349. The molecule has 1 amide bonds. The van der Waals surface area contributed by atoms with E-state index >= 15 is 0 Å². The van der Waals surface area contributed by atoms with Crippen LogP contribution in [0, 0.1) is 0 Å². The summed E-state index contributed by atoms with van der Waals surface area (Å²) in [5, 5.41) is 12.7. The Morgan fingerprint density at radius 2 is 1.96 bits per heavy atom. The second kappa shape index (κ2) is 6.59. The van der Waals surface area contributed by atoms with Gasteiger partial charge in [-0.15, -0.1) is 10.2 Å². The lowest BCUT2D eigenvalue weighted by Gasteiger charge is -2.32. The fraction of sp³-hybridized carbons (Fsp3) is 0.529. The van der Waals surface area contributed by atoms with Gasteiger partial charge in [-0.1, -0.05) is 0 Å². The van der Waals surface area contributed by atoms with E-state index in [4.69, 9.17) is 0 Å². The molecular formula is C17H22N6O. The number of rotatable bonds is 3. The summed E-state index contributed by atoms with van der Waals surface area (Å²) < 4.78 is 1.95. The average molecular weight is 326 g/mol. The van der Waals surface area contributed by atoms with E-state index in [-0.39, 0.29) is 11.9 Å². The SMILES string of the molecule is O=C(c1ccc(N2CCCC2)nn1)N1CCCC(n2cccn2)C1. The average Bonchev–Trinajstić information content (AvgIpc) is 3.35. The standard InChI is InChI=1S/C17H22N6O/c24-17(15-6-7-16(20-19-15)21-9-1-2-10-21)22-11-3-5-14(13-22)23-12-4-8-18-23/h4,6-8,12,14H,1-3,5,9-11,13H2. The van der Waals surface area contributed by atoms with Crippen molar-refractivity contribution in [3.8, 4) is 0 Å². The van der Waals surface area contributed by atoms with Crippen molar-refractivity contribution >= 4 is 11.7 Å². The molecule has 2 aromatic rings. The monoisotopic (exact) mass is 326 g/mol. The number of likely N-dealkylation sites (tertiary alicyclic amines) is 1. The summed E-state index contributed by atoms with van der Waals surface area (Å²) in [6.07, 6.45) is 8.17. The van der Waals surface area contributed by atoms with Gasteiger partial charge in [0.2, 0.25) is 0 Å². The molecule has 126 valence electrons. The molecule has 4 rings (SSSR count). The quantitative estimate of drug-likeness (QED) is 0.859. The third-order valence-electron chi connectivity index (χ3n) is 4.88. The zero-order valence-electron chi connectivity index (χ0n) is 13.7. The van der Waals surface area contributed by atoms with Crippen molar-refractivity contribution in [1.29, 1.82) is 0 Å². The van der Waals surface area contributed by atoms with Crippen molar-refractivity contribution in [2.24, 2.45) is 0 Å². The van der Waals surface area contributed by atoms with Crippen molar-refractivity contribution in [3.05, 3.63) is 36.3 Å². The van der Waals surface area contributed by atoms with Crippen molar-refractivity contribution < 1.29 is 4.79 Å². The number of amides is 1. The van der Waals surface area contributed by atoms with E-state index in [1.54, 1.807) is 12.3 Å². The van der Waals surface area contributed by atoms with Crippen LogP contribution in [0.5, 0.6) is 0 Å². The van der Waals surface area contributed by atoms with Gasteiger partial charge < -0.3 is 9.80 Å². The Morgan fingerprint density at radius 3 is 2.67 bits per heavy atom. The largest absolute Gasteiger partial charge is 0.355 e. The zero-order valence-corrected chi connectivity index (χ0v) is 13.7. The molecule has 1 unspecified atom stereocenters. The predicted octanol–water partition coefficient (Wildman–Crippen LogP) is 1.75. The van der Waals surface area contributed by atoms with Crippen LogP contribution in [0.1, 0.15) is 42.2 Å². The number of hydrogen-bond acceptors (Lipinski definition) is 5. The normalized spacial score (nSPS) is 21.2. The van der Waals surface area contributed by atoms with E-state index in [9.17, 15) is 4.79 Å². The zero-order chi connectivity index (χ0) is 16.4. The van der Waals surface area contributed by atoms with Gasteiger partial charge in [0.1, 0.15) is 0 Å². The molecule has 0 aliphatic carbocycles. The highest BCUT2D eigenvalue weighted by atomic mass is 16.2. The smallest absolute Gasteiger partial charge is 0.274 e. The van der Waals surface area contributed by atoms with Gasteiger partial charge in [-0.2, -0.15) is 5.10 Å². The maximum absolute atomic E-state index is 12.7. The summed E-state index contributed by atoms with van der Waals surface area (Å²) >= 11 is 0. The van der Waals surface area contributed by atoms with Crippen LogP contribution in [0.15, 0.2) is 30.6 Å². The summed E-state index contributed by atoms with van der Waals surface area (Å²) in [7, 11) is 0. The van der Waals surface area contributed by atoms with E-state index in [0.717, 1.165) is 38.3 Å². The van der Waals surface area contributed by atoms with Crippen LogP contribution >= 0.6 is 0 Å². The summed E-state index contributed by atoms with van der Waals surface area (Å²) in [6.45, 7) is 3.50. The first kappa shape index (κ1) is 15.1. The van der Waals surface area contributed by atoms with Crippen LogP contribution in [0.3, 0.4) is 0 Å². The molecule has 1 atom stereocenters. The Bertz CT molecular complexity index is 678. The molecule has 7 nitrogen and oxygen atoms in total. The van der Waals surface area contributed by atoms with E-state index in [1.165, 1.54) is 12.8 Å². The Morgan fingerprint density at radius 1 is 1.08 bits per heavy atom. The van der Waals surface area contributed by atoms with Crippen molar-refractivity contribution in [3.63, 3.8) is 0 Å². The van der Waals surface area contributed by atoms with E-state index in [2.05, 4.69) is 20.2 Å². The second-order valence-corrected chi connectivity index (χ2v) is 6.50. The summed E-state index contributed by atoms with van der Waals surface area (Å²) in [5.41, 5.74) is 0.430. The molecule has 0 saturated carbocycles. The molecule has 2 saturated heterocycles. The van der Waals surface area contributed by atoms with Crippen molar-refractivity contribution in [2.45, 2.75) is 31.7 Å². The third kappa shape index (κ3) is 2.98. The molecule has 7 heteroatoms. The van der Waals surface area contributed by atoms with E-state index in [1.807, 2.05) is 27.9 Å². The molecule has 0 spiro atoms. The Balaban J connectivity index is 1.44. The van der Waals surface area contributed by atoms with Gasteiger partial charge in [0.25, 0.3) is 5.91 Å². The van der Waals surface area contributed by atoms with E-state index in [0.29, 0.717) is 12.2 Å². The second-order valence-electron chi connectivity index (χ2n) is 6.50. The van der Waals surface area contributed by atoms with Gasteiger partial charge in [-0.3, -0.25) is 9.48 Å². The first-order valence-corrected chi connectivity index (χ1v) is 8.68. The lowest BCUT2D eigenvalue weighted by atomic mass is 10.1. The van der Waals surface area contributed by atoms with Crippen molar-refractivity contribution in [2.75, 3.05) is 31.1 Å². The van der Waals surface area contributed by atoms with Gasteiger partial charge in [0, 0.05) is 38.6 Å². The molecule has 4 heterocycles. The Hall–Kier alpha value is -2.44. The van der Waals surface area contributed by atoms with E-state index < -0.39 is 0 Å². The maximum Gasteiger partial charge on any atom is 0.274 e. The van der Waals surface area contributed by atoms with Gasteiger partial charge in [-0.25, -0.2) is 0 Å². The van der Waals surface area contributed by atoms with Gasteiger partial charge in [-0.05, 0) is 43.9 Å². The fourth-order valence-corrected chi connectivity index (χ4v) is 3.57. The first-order chi connectivity index (χ1) is 11.8. The number of anilines is 1. The van der Waals surface area contributed by atoms with Crippen LogP contribution < -0.4 is 4.90 Å². The molecule has 0 radical (unpaired) electrons. The molecule has 0 aromatic carbocycles. The number of carbonyl (C=O) groups excluding carboxylic acids is 1. The van der Waals surface area contributed by atoms with Crippen molar-refractivity contribution in [1.82, 2.24) is 24.9 Å². The minimum absolute atomic E-state index is 0.0349. The number of nitrogens with zero attached hydrogens (tertiary/aromatic N) is 6. The number of hydrogen-bond donors (Lipinski definition) is 0. The van der Waals surface area contributed by atoms with Crippen LogP contribution in [-0.2, 0) is 0 Å². The maximum atomic E-state index is 12.7. The lowest BCUT2D eigenvalue weighted by molar-refractivity contribution is 0.0666. The number of aromatic nitrogens is 4. The molecule has 0 bridgehead atoms. The van der Waals surface area contributed by atoms with Gasteiger partial charge >= 0.3 is 0 Å². The van der Waals surface area contributed by atoms with Crippen LogP contribution in [0.2, 0.25) is 0 Å². The number of piperidine rings is 1. The summed E-state index contributed by atoms with van der Waals surface area (Å²) in [6, 6.07) is 5.89. The molecule has 2 aromatic heterocycles. The van der Waals surface area contributed by atoms with Crippen LogP contribution in [0.25, 0.3) is 0 Å². The lowest BCUT2D eigenvalue weighted by Crippen LogP contribution is -2.41. The summed E-state index contributed by atoms with van der Waals surface area (Å²) in [4.78, 5) is 16.8. The van der Waals surface area contributed by atoms with Crippen LogP contribution in [-0.4, -0.2) is 57.0 Å². The molecule has 24 heavy (non-hydrogen) atoms. The predicted molar refractivity (Wildman–Crippen MR) is 89.9 cm³/mol. The highest BCUT2D eigenvalue weighted by Gasteiger charge is 2.26.